The molecule has 80 valence electrons. The first-order valence-electron chi connectivity index (χ1n) is 4.32. The first-order valence-corrected chi connectivity index (χ1v) is 4.70. The van der Waals surface area contributed by atoms with Crippen LogP contribution in [0.4, 0.5) is 0 Å². The molecule has 0 spiro atoms. The molecule has 0 aromatic carbocycles. The van der Waals surface area contributed by atoms with Gasteiger partial charge in [0.05, 0.1) is 11.1 Å². The quantitative estimate of drug-likeness (QED) is 0.359. The molecule has 0 aliphatic rings. The van der Waals surface area contributed by atoms with Gasteiger partial charge in [-0.15, -0.1) is 0 Å². The molecule has 1 aromatic rings. The Bertz CT molecular complexity index is 351. The van der Waals surface area contributed by atoms with Crippen LogP contribution < -0.4 is 5.32 Å². The molecule has 0 fully saturated rings. The number of halogens is 1. The average Bonchev–Trinajstić information content (AvgIpc) is 2.20. The third kappa shape index (κ3) is 4.97. The zero-order valence-electron chi connectivity index (χ0n) is 7.89. The van der Waals surface area contributed by atoms with Crippen molar-refractivity contribution >= 4 is 11.6 Å². The molecule has 1 heterocycles. The van der Waals surface area contributed by atoms with Crippen LogP contribution in [0, 0.1) is 10.1 Å². The number of pyridine rings is 1. The van der Waals surface area contributed by atoms with Gasteiger partial charge in [0.2, 0.25) is 6.20 Å². The van der Waals surface area contributed by atoms with Crippen molar-refractivity contribution in [3.63, 3.8) is 0 Å². The molecule has 0 aliphatic carbocycles. The van der Waals surface area contributed by atoms with Gasteiger partial charge in [0, 0.05) is 12.7 Å². The number of aromatic nitrogens is 1. The highest BCUT2D eigenvalue weighted by Crippen LogP contribution is 2.05. The molecule has 0 aliphatic heterocycles. The van der Waals surface area contributed by atoms with E-state index in [1.54, 1.807) is 12.3 Å². The topological polar surface area (TPSA) is 68.1 Å². The number of nitrogens with zero attached hydrogens (tertiary/aromatic N) is 2. The van der Waals surface area contributed by atoms with Crippen molar-refractivity contribution in [3.8, 4) is 0 Å². The van der Waals surface area contributed by atoms with Crippen LogP contribution in [0.1, 0.15) is 5.56 Å². The van der Waals surface area contributed by atoms with Crippen molar-refractivity contribution < 1.29 is 4.92 Å². The summed E-state index contributed by atoms with van der Waals surface area (Å²) in [6.45, 7) is 0.619. The molecule has 0 saturated carbocycles. The van der Waals surface area contributed by atoms with Crippen molar-refractivity contribution in [2.24, 2.45) is 0 Å². The van der Waals surface area contributed by atoms with Crippen LogP contribution in [-0.4, -0.2) is 16.5 Å². The van der Waals surface area contributed by atoms with Crippen molar-refractivity contribution in [2.75, 3.05) is 6.54 Å². The van der Waals surface area contributed by atoms with E-state index in [0.29, 0.717) is 11.7 Å². The Labute approximate surface area is 91.9 Å². The first kappa shape index (κ1) is 11.5. The predicted molar refractivity (Wildman–Crippen MR) is 57.1 cm³/mol. The molecule has 1 N–H and O–H groups in total. The maximum Gasteiger partial charge on any atom is 0.249 e. The molecule has 1 rings (SSSR count). The minimum absolute atomic E-state index is 0.458. The lowest BCUT2D eigenvalue weighted by atomic mass is 10.2. The Morgan fingerprint density at radius 1 is 1.60 bits per heavy atom. The predicted octanol–water partition coefficient (Wildman–Crippen LogP) is 1.61. The third-order valence-electron chi connectivity index (χ3n) is 1.66. The maximum atomic E-state index is 9.92. The number of nitrogens with one attached hydrogen (secondary N) is 1. The molecule has 6 heteroatoms. The maximum absolute atomic E-state index is 9.92. The standard InChI is InChI=1S/C9H10ClN3O2/c10-9-2-1-8(7-12-9)3-4-11-5-6-13(14)15/h1-2,5-7,11H,3-4H2/b6-5+. The van der Waals surface area contributed by atoms with Crippen LogP contribution in [0.5, 0.6) is 0 Å². The highest BCUT2D eigenvalue weighted by atomic mass is 35.5. The SMILES string of the molecule is O=[N+]([O-])/C=C/NCCc1ccc(Cl)nc1. The smallest absolute Gasteiger partial charge is 0.249 e. The van der Waals surface area contributed by atoms with Crippen molar-refractivity contribution in [1.29, 1.82) is 0 Å². The van der Waals surface area contributed by atoms with Gasteiger partial charge in [0.25, 0.3) is 0 Å². The van der Waals surface area contributed by atoms with Gasteiger partial charge in [-0.2, -0.15) is 0 Å². The Morgan fingerprint density at radius 3 is 3.00 bits per heavy atom. The van der Waals surface area contributed by atoms with E-state index in [-0.39, 0.29) is 0 Å². The number of hydrogen-bond donors (Lipinski definition) is 1. The minimum atomic E-state index is -0.517. The van der Waals surface area contributed by atoms with E-state index in [4.69, 9.17) is 11.6 Å². The molecular formula is C9H10ClN3O2. The van der Waals surface area contributed by atoms with E-state index < -0.39 is 4.92 Å². The van der Waals surface area contributed by atoms with E-state index >= 15 is 0 Å². The van der Waals surface area contributed by atoms with Crippen LogP contribution in [0.25, 0.3) is 0 Å². The number of nitro groups is 1. The summed E-state index contributed by atoms with van der Waals surface area (Å²) in [6, 6.07) is 3.58. The fraction of sp³-hybridized carbons (Fsp3) is 0.222. The van der Waals surface area contributed by atoms with E-state index in [1.807, 2.05) is 6.07 Å². The molecule has 0 saturated heterocycles. The average molecular weight is 228 g/mol. The molecule has 15 heavy (non-hydrogen) atoms. The lowest BCUT2D eigenvalue weighted by molar-refractivity contribution is -0.402. The van der Waals surface area contributed by atoms with Gasteiger partial charge in [-0.05, 0) is 18.1 Å². The summed E-state index contributed by atoms with van der Waals surface area (Å²) in [6.07, 6.45) is 4.59. The van der Waals surface area contributed by atoms with E-state index in [2.05, 4.69) is 10.3 Å². The fourth-order valence-electron chi connectivity index (χ4n) is 0.968. The second-order valence-corrected chi connectivity index (χ2v) is 3.18. The van der Waals surface area contributed by atoms with Gasteiger partial charge in [-0.25, -0.2) is 4.98 Å². The van der Waals surface area contributed by atoms with E-state index in [9.17, 15) is 10.1 Å². The van der Waals surface area contributed by atoms with Gasteiger partial charge in [-0.1, -0.05) is 17.7 Å². The molecule has 0 atom stereocenters. The van der Waals surface area contributed by atoms with Crippen LogP contribution >= 0.6 is 11.6 Å². The van der Waals surface area contributed by atoms with Crippen LogP contribution in [0.15, 0.2) is 30.7 Å². The molecule has 0 amide bonds. The zero-order chi connectivity index (χ0) is 11.1. The summed E-state index contributed by atoms with van der Waals surface area (Å²) in [5.41, 5.74) is 1.03. The van der Waals surface area contributed by atoms with Crippen LogP contribution in [-0.2, 0) is 6.42 Å². The van der Waals surface area contributed by atoms with Crippen molar-refractivity contribution in [2.45, 2.75) is 6.42 Å². The number of rotatable bonds is 5. The molecule has 5 nitrogen and oxygen atoms in total. The Hall–Kier alpha value is -1.62. The molecule has 0 bridgehead atoms. The van der Waals surface area contributed by atoms with Gasteiger partial charge in [0.1, 0.15) is 5.15 Å². The molecular weight excluding hydrogens is 218 g/mol. The van der Waals surface area contributed by atoms with Crippen molar-refractivity contribution in [3.05, 3.63) is 51.6 Å². The summed E-state index contributed by atoms with van der Waals surface area (Å²) in [5, 5.41) is 13.2. The highest BCUT2D eigenvalue weighted by molar-refractivity contribution is 6.29. The second kappa shape index (κ2) is 5.98. The monoisotopic (exact) mass is 227 g/mol. The molecule has 0 radical (unpaired) electrons. The van der Waals surface area contributed by atoms with Crippen LogP contribution in [0.3, 0.4) is 0 Å². The van der Waals surface area contributed by atoms with E-state index in [1.165, 1.54) is 6.20 Å². The summed E-state index contributed by atoms with van der Waals surface area (Å²) in [7, 11) is 0. The third-order valence-corrected chi connectivity index (χ3v) is 1.88. The zero-order valence-corrected chi connectivity index (χ0v) is 8.65. The normalized spacial score (nSPS) is 10.5. The molecule has 0 unspecified atom stereocenters. The minimum Gasteiger partial charge on any atom is -0.386 e. The lowest BCUT2D eigenvalue weighted by Gasteiger charge is -2.00. The fourth-order valence-corrected chi connectivity index (χ4v) is 1.08. The second-order valence-electron chi connectivity index (χ2n) is 2.79. The van der Waals surface area contributed by atoms with Crippen molar-refractivity contribution in [1.82, 2.24) is 10.3 Å². The van der Waals surface area contributed by atoms with Gasteiger partial charge >= 0.3 is 0 Å². The molecule has 1 aromatic heterocycles. The van der Waals surface area contributed by atoms with Crippen LogP contribution in [0.2, 0.25) is 5.15 Å². The Morgan fingerprint density at radius 2 is 2.40 bits per heavy atom. The van der Waals surface area contributed by atoms with Gasteiger partial charge in [-0.3, -0.25) is 10.1 Å². The van der Waals surface area contributed by atoms with Gasteiger partial charge < -0.3 is 5.32 Å². The summed E-state index contributed by atoms with van der Waals surface area (Å²) in [4.78, 5) is 13.3. The largest absolute Gasteiger partial charge is 0.386 e. The lowest BCUT2D eigenvalue weighted by Crippen LogP contribution is -2.10. The highest BCUT2D eigenvalue weighted by Gasteiger charge is 1.93. The number of hydrogen-bond acceptors (Lipinski definition) is 4. The first-order chi connectivity index (χ1) is 7.18. The van der Waals surface area contributed by atoms with Gasteiger partial charge in [0.15, 0.2) is 0 Å². The summed E-state index contributed by atoms with van der Waals surface area (Å²) >= 11 is 5.62. The van der Waals surface area contributed by atoms with E-state index in [0.717, 1.165) is 18.2 Å². The summed E-state index contributed by atoms with van der Waals surface area (Å²) in [5.74, 6) is 0. The Balaban J connectivity index is 2.26. The summed E-state index contributed by atoms with van der Waals surface area (Å²) < 4.78 is 0. The Kier molecular flexibility index (Phi) is 4.56.